The van der Waals surface area contributed by atoms with Crippen LogP contribution in [0, 0.1) is 17.1 Å². The van der Waals surface area contributed by atoms with Crippen LogP contribution in [-0.4, -0.2) is 14.8 Å². The fraction of sp³-hybridized carbons (Fsp3) is 0.250. The van der Waals surface area contributed by atoms with E-state index in [1.165, 1.54) is 12.1 Å². The molecule has 0 bridgehead atoms. The Balaban J connectivity index is 1.93. The molecule has 18 heavy (non-hydrogen) atoms. The summed E-state index contributed by atoms with van der Waals surface area (Å²) >= 11 is 0. The van der Waals surface area contributed by atoms with Crippen LogP contribution in [0.1, 0.15) is 17.0 Å². The molecule has 0 saturated carbocycles. The number of hydrogen-bond donors (Lipinski definition) is 1. The van der Waals surface area contributed by atoms with Gasteiger partial charge < -0.3 is 5.32 Å². The zero-order chi connectivity index (χ0) is 13.0. The summed E-state index contributed by atoms with van der Waals surface area (Å²) < 4.78 is 14.7. The molecule has 92 valence electrons. The third-order valence-corrected chi connectivity index (χ3v) is 2.41. The molecule has 0 spiro atoms. The lowest BCUT2D eigenvalue weighted by Gasteiger charge is -2.03. The Morgan fingerprint density at radius 3 is 2.94 bits per heavy atom. The van der Waals surface area contributed by atoms with E-state index in [2.05, 4.69) is 15.4 Å². The monoisotopic (exact) mass is 245 g/mol. The number of nitriles is 1. The standard InChI is InChI=1S/C12H12FN5/c1-18-8-16-12(17-18)7-15-6-9-2-3-11(13)10(4-9)5-14/h2-4,8,15H,6-7H2,1H3. The first kappa shape index (κ1) is 12.2. The molecule has 0 aliphatic heterocycles. The number of nitrogens with zero attached hydrogens (tertiary/aromatic N) is 4. The summed E-state index contributed by atoms with van der Waals surface area (Å²) in [5.41, 5.74) is 0.911. The number of aromatic nitrogens is 3. The van der Waals surface area contributed by atoms with E-state index in [0.717, 1.165) is 5.56 Å². The van der Waals surface area contributed by atoms with Crippen LogP contribution >= 0.6 is 0 Å². The van der Waals surface area contributed by atoms with Crippen molar-refractivity contribution in [2.45, 2.75) is 13.1 Å². The quantitative estimate of drug-likeness (QED) is 0.876. The van der Waals surface area contributed by atoms with Crippen LogP contribution in [0.2, 0.25) is 0 Å². The lowest BCUT2D eigenvalue weighted by molar-refractivity contribution is 0.618. The van der Waals surface area contributed by atoms with Crippen LogP contribution < -0.4 is 5.32 Å². The van der Waals surface area contributed by atoms with Crippen molar-refractivity contribution in [1.29, 1.82) is 5.26 Å². The Morgan fingerprint density at radius 1 is 1.44 bits per heavy atom. The molecule has 1 N–H and O–H groups in total. The zero-order valence-corrected chi connectivity index (χ0v) is 9.89. The van der Waals surface area contributed by atoms with Crippen LogP contribution in [0.4, 0.5) is 4.39 Å². The Hall–Kier alpha value is -2.26. The van der Waals surface area contributed by atoms with Gasteiger partial charge in [-0.1, -0.05) is 6.07 Å². The zero-order valence-electron chi connectivity index (χ0n) is 9.89. The van der Waals surface area contributed by atoms with Gasteiger partial charge in [-0.3, -0.25) is 4.68 Å². The highest BCUT2D eigenvalue weighted by atomic mass is 19.1. The van der Waals surface area contributed by atoms with E-state index < -0.39 is 5.82 Å². The summed E-state index contributed by atoms with van der Waals surface area (Å²) in [5.74, 6) is 0.202. The van der Waals surface area contributed by atoms with Gasteiger partial charge >= 0.3 is 0 Å². The molecule has 1 aromatic carbocycles. The molecule has 0 radical (unpaired) electrons. The second-order valence-electron chi connectivity index (χ2n) is 3.86. The molecule has 2 aromatic rings. The third kappa shape index (κ3) is 2.90. The van der Waals surface area contributed by atoms with Crippen LogP contribution in [0.25, 0.3) is 0 Å². The molecule has 2 rings (SSSR count). The van der Waals surface area contributed by atoms with E-state index in [1.807, 2.05) is 6.07 Å². The fourth-order valence-corrected chi connectivity index (χ4v) is 1.55. The van der Waals surface area contributed by atoms with E-state index in [0.29, 0.717) is 18.9 Å². The molecular weight excluding hydrogens is 233 g/mol. The predicted octanol–water partition coefficient (Wildman–Crippen LogP) is 1.12. The Bertz CT molecular complexity index is 584. The molecule has 1 heterocycles. The van der Waals surface area contributed by atoms with Crippen LogP contribution in [0.3, 0.4) is 0 Å². The first-order valence-electron chi connectivity index (χ1n) is 5.43. The Kier molecular flexibility index (Phi) is 3.65. The maximum Gasteiger partial charge on any atom is 0.164 e. The second-order valence-corrected chi connectivity index (χ2v) is 3.86. The number of rotatable bonds is 4. The molecule has 0 fully saturated rings. The average molecular weight is 245 g/mol. The summed E-state index contributed by atoms with van der Waals surface area (Å²) in [7, 11) is 1.80. The first-order chi connectivity index (χ1) is 8.69. The summed E-state index contributed by atoms with van der Waals surface area (Å²) in [6, 6.07) is 6.30. The van der Waals surface area contributed by atoms with Crippen LogP contribution in [0.15, 0.2) is 24.5 Å². The molecular formula is C12H12FN5. The molecule has 0 unspecified atom stereocenters. The van der Waals surface area contributed by atoms with Crippen molar-refractivity contribution in [3.63, 3.8) is 0 Å². The van der Waals surface area contributed by atoms with E-state index in [4.69, 9.17) is 5.26 Å². The number of benzene rings is 1. The first-order valence-corrected chi connectivity index (χ1v) is 5.43. The predicted molar refractivity (Wildman–Crippen MR) is 62.7 cm³/mol. The summed E-state index contributed by atoms with van der Waals surface area (Å²) in [6.07, 6.45) is 1.63. The van der Waals surface area contributed by atoms with Crippen molar-refractivity contribution in [1.82, 2.24) is 20.1 Å². The maximum absolute atomic E-state index is 13.1. The van der Waals surface area contributed by atoms with Crippen molar-refractivity contribution in [3.05, 3.63) is 47.3 Å². The summed E-state index contributed by atoms with van der Waals surface area (Å²) in [6.45, 7) is 1.06. The van der Waals surface area contributed by atoms with E-state index in [9.17, 15) is 4.39 Å². The maximum atomic E-state index is 13.1. The number of aryl methyl sites for hydroxylation is 1. The van der Waals surface area contributed by atoms with Gasteiger partial charge in [-0.15, -0.1) is 0 Å². The smallest absolute Gasteiger partial charge is 0.164 e. The van der Waals surface area contributed by atoms with Crippen LogP contribution in [-0.2, 0) is 20.1 Å². The van der Waals surface area contributed by atoms with E-state index in [1.54, 1.807) is 24.1 Å². The van der Waals surface area contributed by atoms with Crippen molar-refractivity contribution in [2.75, 3.05) is 0 Å². The molecule has 5 nitrogen and oxygen atoms in total. The van der Waals surface area contributed by atoms with Gasteiger partial charge in [-0.2, -0.15) is 10.4 Å². The lowest BCUT2D eigenvalue weighted by Crippen LogP contribution is -2.14. The molecule has 0 aliphatic rings. The molecule has 0 atom stereocenters. The highest BCUT2D eigenvalue weighted by Crippen LogP contribution is 2.09. The Labute approximate surface area is 104 Å². The minimum Gasteiger partial charge on any atom is -0.306 e. The van der Waals surface area contributed by atoms with E-state index >= 15 is 0 Å². The number of nitrogens with one attached hydrogen (secondary N) is 1. The minimum atomic E-state index is -0.493. The van der Waals surface area contributed by atoms with Crippen molar-refractivity contribution in [3.8, 4) is 6.07 Å². The second kappa shape index (κ2) is 5.38. The fourth-order valence-electron chi connectivity index (χ4n) is 1.55. The van der Waals surface area contributed by atoms with Gasteiger partial charge in [0.1, 0.15) is 18.2 Å². The molecule has 0 amide bonds. The lowest BCUT2D eigenvalue weighted by atomic mass is 10.1. The highest BCUT2D eigenvalue weighted by Gasteiger charge is 2.03. The largest absolute Gasteiger partial charge is 0.306 e. The Morgan fingerprint density at radius 2 is 2.28 bits per heavy atom. The van der Waals surface area contributed by atoms with Gasteiger partial charge in [0.15, 0.2) is 5.82 Å². The van der Waals surface area contributed by atoms with Crippen molar-refractivity contribution in [2.24, 2.45) is 7.05 Å². The van der Waals surface area contributed by atoms with Gasteiger partial charge in [-0.25, -0.2) is 9.37 Å². The third-order valence-electron chi connectivity index (χ3n) is 2.41. The van der Waals surface area contributed by atoms with Crippen LogP contribution in [0.5, 0.6) is 0 Å². The van der Waals surface area contributed by atoms with Crippen molar-refractivity contribution < 1.29 is 4.39 Å². The van der Waals surface area contributed by atoms with E-state index in [-0.39, 0.29) is 5.56 Å². The van der Waals surface area contributed by atoms with Gasteiger partial charge in [-0.05, 0) is 17.7 Å². The van der Waals surface area contributed by atoms with Crippen molar-refractivity contribution >= 4 is 0 Å². The summed E-state index contributed by atoms with van der Waals surface area (Å²) in [5, 5.41) is 16.0. The van der Waals surface area contributed by atoms with Gasteiger partial charge in [0.05, 0.1) is 12.1 Å². The number of hydrogen-bond acceptors (Lipinski definition) is 4. The highest BCUT2D eigenvalue weighted by molar-refractivity contribution is 5.34. The average Bonchev–Trinajstić information content (AvgIpc) is 2.77. The normalized spacial score (nSPS) is 10.3. The summed E-state index contributed by atoms with van der Waals surface area (Å²) in [4.78, 5) is 4.07. The SMILES string of the molecule is Cn1cnc(CNCc2ccc(F)c(C#N)c2)n1. The van der Waals surface area contributed by atoms with Gasteiger partial charge in [0.25, 0.3) is 0 Å². The topological polar surface area (TPSA) is 66.5 Å². The van der Waals surface area contributed by atoms with Gasteiger partial charge in [0, 0.05) is 13.6 Å². The molecule has 0 aliphatic carbocycles. The molecule has 0 saturated heterocycles. The number of halogens is 1. The van der Waals surface area contributed by atoms with Gasteiger partial charge in [0.2, 0.25) is 0 Å². The molecule has 1 aromatic heterocycles. The minimum absolute atomic E-state index is 0.0604. The molecule has 6 heteroatoms.